The summed E-state index contributed by atoms with van der Waals surface area (Å²) in [5.41, 5.74) is 4.85. The third-order valence-electron chi connectivity index (χ3n) is 3.74. The Kier molecular flexibility index (Phi) is 3.47. The fraction of sp³-hybridized carbons (Fsp3) is 0.438. The molecule has 0 saturated heterocycles. The first-order valence-electron chi connectivity index (χ1n) is 7.17. The van der Waals surface area contributed by atoms with Gasteiger partial charge in [-0.15, -0.1) is 0 Å². The second kappa shape index (κ2) is 5.13. The molecule has 4 heteroatoms. The van der Waals surface area contributed by atoms with Crippen LogP contribution in [0, 0.1) is 12.8 Å². The molecule has 1 aliphatic rings. The van der Waals surface area contributed by atoms with Crippen LogP contribution in [-0.4, -0.2) is 16.3 Å². The second-order valence-corrected chi connectivity index (χ2v) is 6.33. The summed E-state index contributed by atoms with van der Waals surface area (Å²) in [5, 5.41) is 9.05. The molecule has 1 aromatic carbocycles. The molecule has 0 aliphatic carbocycles. The Morgan fingerprint density at radius 2 is 2.20 bits per heavy atom. The lowest BCUT2D eigenvalue weighted by Gasteiger charge is -2.10. The maximum absolute atomic E-state index is 6.15. The normalized spacial score (nSPS) is 13.7. The van der Waals surface area contributed by atoms with Crippen LogP contribution in [0.2, 0.25) is 5.02 Å². The monoisotopic (exact) mass is 289 g/mol. The van der Waals surface area contributed by atoms with E-state index in [4.69, 9.17) is 16.7 Å². The molecule has 3 rings (SSSR count). The topological polar surface area (TPSA) is 29.9 Å². The molecule has 3 nitrogen and oxygen atoms in total. The first-order valence-corrected chi connectivity index (χ1v) is 7.55. The van der Waals surface area contributed by atoms with Gasteiger partial charge >= 0.3 is 0 Å². The fourth-order valence-corrected chi connectivity index (χ4v) is 2.95. The van der Waals surface area contributed by atoms with E-state index in [1.54, 1.807) is 0 Å². The van der Waals surface area contributed by atoms with Crippen molar-refractivity contribution in [1.82, 2.24) is 9.78 Å². The van der Waals surface area contributed by atoms with Gasteiger partial charge in [0.15, 0.2) is 0 Å². The summed E-state index contributed by atoms with van der Waals surface area (Å²) < 4.78 is 2.03. The molecule has 0 amide bonds. The predicted octanol–water partition coefficient (Wildman–Crippen LogP) is 4.00. The third-order valence-corrected chi connectivity index (χ3v) is 3.97. The highest BCUT2D eigenvalue weighted by atomic mass is 35.5. The van der Waals surface area contributed by atoms with Crippen LogP contribution in [0.4, 0.5) is 5.82 Å². The van der Waals surface area contributed by atoms with Crippen molar-refractivity contribution in [2.75, 3.05) is 11.9 Å². The lowest BCUT2D eigenvalue weighted by molar-refractivity contribution is 0.624. The SMILES string of the molecule is Cc1ccc(Cl)cc1-n1nc(CC(C)C)c2c1NCC2. The number of nitrogens with zero attached hydrogens (tertiary/aromatic N) is 2. The number of nitrogens with one attached hydrogen (secondary N) is 1. The van der Waals surface area contributed by atoms with Gasteiger partial charge in [-0.3, -0.25) is 0 Å². The first-order chi connectivity index (χ1) is 9.56. The first kappa shape index (κ1) is 13.5. The Hall–Kier alpha value is -1.48. The molecule has 106 valence electrons. The van der Waals surface area contributed by atoms with Crippen LogP contribution in [0.15, 0.2) is 18.2 Å². The van der Waals surface area contributed by atoms with E-state index in [9.17, 15) is 0 Å². The molecule has 0 unspecified atom stereocenters. The van der Waals surface area contributed by atoms with Crippen molar-refractivity contribution in [1.29, 1.82) is 0 Å². The zero-order valence-electron chi connectivity index (χ0n) is 12.2. The third kappa shape index (κ3) is 2.31. The second-order valence-electron chi connectivity index (χ2n) is 5.89. The molecule has 20 heavy (non-hydrogen) atoms. The van der Waals surface area contributed by atoms with Crippen LogP contribution in [0.5, 0.6) is 0 Å². The number of rotatable bonds is 3. The number of fused-ring (bicyclic) bond motifs is 1. The van der Waals surface area contributed by atoms with Crippen LogP contribution >= 0.6 is 11.6 Å². The van der Waals surface area contributed by atoms with E-state index in [1.165, 1.54) is 16.8 Å². The summed E-state index contributed by atoms with van der Waals surface area (Å²) in [5.74, 6) is 1.76. The lowest BCUT2D eigenvalue weighted by Crippen LogP contribution is -2.07. The van der Waals surface area contributed by atoms with Crippen molar-refractivity contribution in [2.24, 2.45) is 5.92 Å². The fourth-order valence-electron chi connectivity index (χ4n) is 2.78. The maximum atomic E-state index is 6.15. The van der Waals surface area contributed by atoms with Crippen molar-refractivity contribution < 1.29 is 0 Å². The number of anilines is 1. The van der Waals surface area contributed by atoms with Crippen molar-refractivity contribution in [3.05, 3.63) is 40.0 Å². The minimum absolute atomic E-state index is 0.614. The van der Waals surface area contributed by atoms with E-state index in [0.717, 1.165) is 35.9 Å². The zero-order chi connectivity index (χ0) is 14.3. The van der Waals surface area contributed by atoms with Crippen molar-refractivity contribution in [3.63, 3.8) is 0 Å². The van der Waals surface area contributed by atoms with Gasteiger partial charge < -0.3 is 5.32 Å². The maximum Gasteiger partial charge on any atom is 0.133 e. The van der Waals surface area contributed by atoms with Gasteiger partial charge in [-0.1, -0.05) is 31.5 Å². The Bertz CT molecular complexity index is 643. The standard InChI is InChI=1S/C16H20ClN3/c1-10(2)8-14-13-6-7-18-16(13)20(19-14)15-9-12(17)5-4-11(15)3/h4-5,9-10,18H,6-8H2,1-3H3. The lowest BCUT2D eigenvalue weighted by atomic mass is 10.0. The number of aromatic nitrogens is 2. The Morgan fingerprint density at radius 3 is 2.95 bits per heavy atom. The summed E-state index contributed by atoms with van der Waals surface area (Å²) in [6.07, 6.45) is 2.09. The van der Waals surface area contributed by atoms with Crippen LogP contribution < -0.4 is 5.32 Å². The minimum Gasteiger partial charge on any atom is -0.369 e. The van der Waals surface area contributed by atoms with Crippen molar-refractivity contribution in [2.45, 2.75) is 33.6 Å². The van der Waals surface area contributed by atoms with Crippen LogP contribution in [0.3, 0.4) is 0 Å². The van der Waals surface area contributed by atoms with Gasteiger partial charge in [0.05, 0.1) is 11.4 Å². The molecule has 0 radical (unpaired) electrons. The largest absolute Gasteiger partial charge is 0.369 e. The average molecular weight is 290 g/mol. The van der Waals surface area contributed by atoms with Gasteiger partial charge in [0.25, 0.3) is 0 Å². The van der Waals surface area contributed by atoms with Crippen LogP contribution in [0.1, 0.15) is 30.7 Å². The van der Waals surface area contributed by atoms with E-state index >= 15 is 0 Å². The molecule has 0 fully saturated rings. The van der Waals surface area contributed by atoms with Crippen LogP contribution in [0.25, 0.3) is 5.69 Å². The smallest absolute Gasteiger partial charge is 0.133 e. The number of benzene rings is 1. The summed E-state index contributed by atoms with van der Waals surface area (Å²) in [6.45, 7) is 7.56. The summed E-state index contributed by atoms with van der Waals surface area (Å²) in [4.78, 5) is 0. The van der Waals surface area contributed by atoms with Gasteiger partial charge in [0.2, 0.25) is 0 Å². The molecule has 0 saturated carbocycles. The van der Waals surface area contributed by atoms with Gasteiger partial charge in [-0.2, -0.15) is 5.10 Å². The van der Waals surface area contributed by atoms with Crippen molar-refractivity contribution in [3.8, 4) is 5.69 Å². The van der Waals surface area contributed by atoms with E-state index < -0.39 is 0 Å². The predicted molar refractivity (Wildman–Crippen MR) is 84.0 cm³/mol. The van der Waals surface area contributed by atoms with Crippen molar-refractivity contribution >= 4 is 17.4 Å². The molecule has 0 atom stereocenters. The highest BCUT2D eigenvalue weighted by Crippen LogP contribution is 2.31. The van der Waals surface area contributed by atoms with E-state index in [0.29, 0.717) is 5.92 Å². The number of halogens is 1. The van der Waals surface area contributed by atoms with Gasteiger partial charge in [0, 0.05) is 17.1 Å². The summed E-state index contributed by atoms with van der Waals surface area (Å²) in [6, 6.07) is 5.96. The highest BCUT2D eigenvalue weighted by Gasteiger charge is 2.23. The molecule has 0 bridgehead atoms. The molecule has 1 N–H and O–H groups in total. The number of hydrogen-bond donors (Lipinski definition) is 1. The van der Waals surface area contributed by atoms with E-state index in [-0.39, 0.29) is 0 Å². The molecular weight excluding hydrogens is 270 g/mol. The zero-order valence-corrected chi connectivity index (χ0v) is 13.0. The van der Waals surface area contributed by atoms with E-state index in [1.807, 2.05) is 22.9 Å². The Labute approximate surface area is 124 Å². The Balaban J connectivity index is 2.12. The number of hydrogen-bond acceptors (Lipinski definition) is 2. The average Bonchev–Trinajstić information content (AvgIpc) is 2.96. The number of aryl methyl sites for hydroxylation is 1. The molecule has 2 aromatic rings. The molecule has 0 spiro atoms. The molecule has 1 aromatic heterocycles. The summed E-state index contributed by atoms with van der Waals surface area (Å²) in [7, 11) is 0. The summed E-state index contributed by atoms with van der Waals surface area (Å²) >= 11 is 6.15. The highest BCUT2D eigenvalue weighted by molar-refractivity contribution is 6.30. The van der Waals surface area contributed by atoms with Gasteiger partial charge in [-0.05, 0) is 43.4 Å². The minimum atomic E-state index is 0.614. The molecule has 2 heterocycles. The van der Waals surface area contributed by atoms with E-state index in [2.05, 4.69) is 26.1 Å². The Morgan fingerprint density at radius 1 is 1.40 bits per heavy atom. The van der Waals surface area contributed by atoms with Gasteiger partial charge in [-0.25, -0.2) is 4.68 Å². The quantitative estimate of drug-likeness (QED) is 0.925. The van der Waals surface area contributed by atoms with Crippen LogP contribution in [-0.2, 0) is 12.8 Å². The molecular formula is C16H20ClN3. The molecule has 1 aliphatic heterocycles. The van der Waals surface area contributed by atoms with Gasteiger partial charge in [0.1, 0.15) is 5.82 Å².